The van der Waals surface area contributed by atoms with Gasteiger partial charge < -0.3 is 20.3 Å². The first-order chi connectivity index (χ1) is 13.2. The van der Waals surface area contributed by atoms with E-state index < -0.39 is 6.61 Å². The molecule has 1 aliphatic heterocycles. The Kier molecular flexibility index (Phi) is 6.86. The number of halogens is 2. The molecule has 1 saturated heterocycles. The summed E-state index contributed by atoms with van der Waals surface area (Å²) in [6.45, 7) is -0.478. The number of rotatable bonds is 6. The fourth-order valence-electron chi connectivity index (χ4n) is 3.12. The standard InChI is InChI=1S/C19H24F2N4OS/c1-22-19(23-13-14-5-2-3-6-16(14)26-18(20)21)24-15-8-10-25(11-9-15)17-7-4-12-27-17/h2-7,12,15,18H,8-11,13H2,1H3,(H2,22,23,24). The molecule has 5 nitrogen and oxygen atoms in total. The highest BCUT2D eigenvalue weighted by Crippen LogP contribution is 2.25. The van der Waals surface area contributed by atoms with E-state index in [0.717, 1.165) is 25.9 Å². The lowest BCUT2D eigenvalue weighted by molar-refractivity contribution is -0.0504. The summed E-state index contributed by atoms with van der Waals surface area (Å²) in [4.78, 5) is 6.65. The molecule has 2 heterocycles. The van der Waals surface area contributed by atoms with Gasteiger partial charge in [0, 0.05) is 38.3 Å². The topological polar surface area (TPSA) is 48.9 Å². The van der Waals surface area contributed by atoms with Gasteiger partial charge in [-0.1, -0.05) is 18.2 Å². The quantitative estimate of drug-likeness (QED) is 0.580. The molecule has 1 aliphatic rings. The average Bonchev–Trinajstić information content (AvgIpc) is 3.21. The first-order valence-electron chi connectivity index (χ1n) is 8.94. The van der Waals surface area contributed by atoms with E-state index in [1.165, 1.54) is 5.00 Å². The summed E-state index contributed by atoms with van der Waals surface area (Å²) < 4.78 is 29.6. The summed E-state index contributed by atoms with van der Waals surface area (Å²) in [5, 5.41) is 10.0. The minimum absolute atomic E-state index is 0.180. The van der Waals surface area contributed by atoms with Gasteiger partial charge in [-0.2, -0.15) is 8.78 Å². The van der Waals surface area contributed by atoms with Crippen LogP contribution in [-0.2, 0) is 6.54 Å². The number of piperidine rings is 1. The molecule has 0 radical (unpaired) electrons. The third kappa shape index (κ3) is 5.56. The van der Waals surface area contributed by atoms with Crippen LogP contribution in [0.25, 0.3) is 0 Å². The van der Waals surface area contributed by atoms with Crippen LogP contribution in [0.4, 0.5) is 13.8 Å². The van der Waals surface area contributed by atoms with E-state index in [1.807, 2.05) is 0 Å². The number of nitrogens with one attached hydrogen (secondary N) is 2. The predicted octanol–water partition coefficient (Wildman–Crippen LogP) is 3.68. The lowest BCUT2D eigenvalue weighted by Gasteiger charge is -2.33. The number of benzene rings is 1. The van der Waals surface area contributed by atoms with E-state index in [9.17, 15) is 8.78 Å². The van der Waals surface area contributed by atoms with Crippen LogP contribution < -0.4 is 20.3 Å². The molecule has 0 atom stereocenters. The smallest absolute Gasteiger partial charge is 0.387 e. The van der Waals surface area contributed by atoms with Crippen LogP contribution in [0.5, 0.6) is 5.75 Å². The van der Waals surface area contributed by atoms with E-state index >= 15 is 0 Å². The molecule has 1 fully saturated rings. The zero-order valence-corrected chi connectivity index (χ0v) is 16.0. The second-order valence-corrected chi connectivity index (χ2v) is 7.20. The number of para-hydroxylation sites is 1. The van der Waals surface area contributed by atoms with Crippen LogP contribution >= 0.6 is 11.3 Å². The highest BCUT2D eigenvalue weighted by atomic mass is 32.1. The number of anilines is 1. The van der Waals surface area contributed by atoms with Crippen LogP contribution in [0.2, 0.25) is 0 Å². The van der Waals surface area contributed by atoms with Gasteiger partial charge >= 0.3 is 6.61 Å². The summed E-state index contributed by atoms with van der Waals surface area (Å²) in [6.07, 6.45) is 2.04. The number of hydrogen-bond acceptors (Lipinski definition) is 4. The van der Waals surface area contributed by atoms with Crippen molar-refractivity contribution in [2.45, 2.75) is 32.0 Å². The molecule has 2 aromatic rings. The summed E-state index contributed by atoms with van der Waals surface area (Å²) >= 11 is 1.76. The van der Waals surface area contributed by atoms with Gasteiger partial charge in [0.05, 0.1) is 5.00 Å². The van der Waals surface area contributed by atoms with Crippen molar-refractivity contribution >= 4 is 22.3 Å². The monoisotopic (exact) mass is 394 g/mol. The van der Waals surface area contributed by atoms with Crippen LogP contribution in [0.15, 0.2) is 46.8 Å². The minimum Gasteiger partial charge on any atom is -0.434 e. The largest absolute Gasteiger partial charge is 0.434 e. The average molecular weight is 394 g/mol. The van der Waals surface area contributed by atoms with E-state index in [2.05, 4.69) is 42.8 Å². The van der Waals surface area contributed by atoms with Gasteiger partial charge in [0.25, 0.3) is 0 Å². The van der Waals surface area contributed by atoms with Gasteiger partial charge in [0.2, 0.25) is 0 Å². The maximum Gasteiger partial charge on any atom is 0.387 e. The second-order valence-electron chi connectivity index (χ2n) is 6.27. The Balaban J connectivity index is 1.49. The van der Waals surface area contributed by atoms with Gasteiger partial charge in [-0.3, -0.25) is 4.99 Å². The first-order valence-corrected chi connectivity index (χ1v) is 9.82. The summed E-state index contributed by atoms with van der Waals surface area (Å²) in [7, 11) is 1.71. The molecule has 2 N–H and O–H groups in total. The van der Waals surface area contributed by atoms with Gasteiger partial charge in [-0.15, -0.1) is 11.3 Å². The SMILES string of the molecule is CN=C(NCc1ccccc1OC(F)F)NC1CCN(c2cccs2)CC1. The zero-order chi connectivity index (χ0) is 19.1. The molecule has 0 bridgehead atoms. The molecule has 0 saturated carbocycles. The Hall–Kier alpha value is -2.35. The minimum atomic E-state index is -2.84. The Morgan fingerprint density at radius 3 is 2.70 bits per heavy atom. The highest BCUT2D eigenvalue weighted by Gasteiger charge is 2.20. The molecule has 8 heteroatoms. The molecule has 0 spiro atoms. The van der Waals surface area contributed by atoms with Gasteiger partial charge in [0.1, 0.15) is 5.75 Å². The number of hydrogen-bond donors (Lipinski definition) is 2. The first kappa shape index (κ1) is 19.4. The molecule has 3 rings (SSSR count). The van der Waals surface area contributed by atoms with Crippen molar-refractivity contribution in [3.63, 3.8) is 0 Å². The fraction of sp³-hybridized carbons (Fsp3) is 0.421. The van der Waals surface area contributed by atoms with Crippen molar-refractivity contribution in [3.8, 4) is 5.75 Å². The molecule has 0 aliphatic carbocycles. The van der Waals surface area contributed by atoms with Gasteiger partial charge in [0.15, 0.2) is 5.96 Å². The maximum atomic E-state index is 12.5. The molecule has 146 valence electrons. The number of ether oxygens (including phenoxy) is 1. The normalized spacial score (nSPS) is 15.9. The number of aliphatic imine (C=N–C) groups is 1. The lowest BCUT2D eigenvalue weighted by Crippen LogP contribution is -2.48. The number of nitrogens with zero attached hydrogens (tertiary/aromatic N) is 2. The van der Waals surface area contributed by atoms with Crippen molar-refractivity contribution in [3.05, 3.63) is 47.3 Å². The molecular formula is C19H24F2N4OS. The second kappa shape index (κ2) is 9.55. The lowest BCUT2D eigenvalue weighted by atomic mass is 10.1. The molecular weight excluding hydrogens is 370 g/mol. The third-order valence-electron chi connectivity index (χ3n) is 4.51. The molecule has 0 amide bonds. The fourth-order valence-corrected chi connectivity index (χ4v) is 3.91. The molecule has 0 unspecified atom stereocenters. The van der Waals surface area contributed by atoms with Crippen LogP contribution in [0, 0.1) is 0 Å². The molecule has 1 aromatic carbocycles. The van der Waals surface area contributed by atoms with E-state index in [0.29, 0.717) is 24.1 Å². The summed E-state index contributed by atoms with van der Waals surface area (Å²) in [6, 6.07) is 11.3. The van der Waals surface area contributed by atoms with E-state index in [-0.39, 0.29) is 5.75 Å². The van der Waals surface area contributed by atoms with E-state index in [4.69, 9.17) is 0 Å². The van der Waals surface area contributed by atoms with Gasteiger partial charge in [-0.05, 0) is 36.4 Å². The van der Waals surface area contributed by atoms with Crippen molar-refractivity contribution in [2.24, 2.45) is 4.99 Å². The van der Waals surface area contributed by atoms with Crippen molar-refractivity contribution in [1.29, 1.82) is 0 Å². The zero-order valence-electron chi connectivity index (χ0n) is 15.2. The number of guanidine groups is 1. The maximum absolute atomic E-state index is 12.5. The van der Waals surface area contributed by atoms with Crippen molar-refractivity contribution < 1.29 is 13.5 Å². The summed E-state index contributed by atoms with van der Waals surface area (Å²) in [5.74, 6) is 0.844. The van der Waals surface area contributed by atoms with Crippen molar-refractivity contribution in [2.75, 3.05) is 25.0 Å². The van der Waals surface area contributed by atoms with Crippen LogP contribution in [0.1, 0.15) is 18.4 Å². The Morgan fingerprint density at radius 2 is 2.04 bits per heavy atom. The van der Waals surface area contributed by atoms with Crippen LogP contribution in [0.3, 0.4) is 0 Å². The van der Waals surface area contributed by atoms with Gasteiger partial charge in [-0.25, -0.2) is 0 Å². The Morgan fingerprint density at radius 1 is 1.26 bits per heavy atom. The molecule has 1 aromatic heterocycles. The Bertz CT molecular complexity index is 731. The van der Waals surface area contributed by atoms with Crippen LogP contribution in [-0.4, -0.2) is 38.8 Å². The van der Waals surface area contributed by atoms with E-state index in [1.54, 1.807) is 42.6 Å². The Labute approximate surface area is 162 Å². The predicted molar refractivity (Wildman–Crippen MR) is 106 cm³/mol. The van der Waals surface area contributed by atoms with Crippen molar-refractivity contribution in [1.82, 2.24) is 10.6 Å². The summed E-state index contributed by atoms with van der Waals surface area (Å²) in [5.41, 5.74) is 0.660. The molecule has 27 heavy (non-hydrogen) atoms. The number of alkyl halides is 2. The third-order valence-corrected chi connectivity index (χ3v) is 5.44. The highest BCUT2D eigenvalue weighted by molar-refractivity contribution is 7.14. The number of thiophene rings is 1.